The van der Waals surface area contributed by atoms with Crippen LogP contribution in [-0.2, 0) is 4.79 Å². The number of rotatable bonds is 4. The Morgan fingerprint density at radius 3 is 2.89 bits per heavy atom. The molecule has 1 heterocycles. The molecule has 1 atom stereocenters. The van der Waals surface area contributed by atoms with Crippen LogP contribution in [0, 0.1) is 6.92 Å². The Morgan fingerprint density at radius 1 is 1.44 bits per heavy atom. The number of nitrogens with zero attached hydrogens (tertiary/aromatic N) is 1. The van der Waals surface area contributed by atoms with Gasteiger partial charge < -0.3 is 10.4 Å². The molecule has 4 nitrogen and oxygen atoms in total. The highest BCUT2D eigenvalue weighted by Crippen LogP contribution is 2.20. The van der Waals surface area contributed by atoms with Gasteiger partial charge in [-0.2, -0.15) is 0 Å². The number of pyridine rings is 1. The Hall–Kier alpha value is -2.10. The summed E-state index contributed by atoms with van der Waals surface area (Å²) in [4.78, 5) is 15.2. The van der Waals surface area contributed by atoms with Gasteiger partial charge in [0.25, 0.3) is 0 Å². The van der Waals surface area contributed by atoms with Crippen molar-refractivity contribution >= 4 is 22.7 Å². The molecule has 0 bridgehead atoms. The molecule has 0 fully saturated rings. The van der Waals surface area contributed by atoms with Gasteiger partial charge in [-0.15, -0.1) is 0 Å². The Kier molecular flexibility index (Phi) is 3.46. The van der Waals surface area contributed by atoms with Gasteiger partial charge in [-0.05, 0) is 31.5 Å². The first-order valence-corrected chi connectivity index (χ1v) is 5.91. The first-order valence-electron chi connectivity index (χ1n) is 5.91. The predicted molar refractivity (Wildman–Crippen MR) is 71.8 cm³/mol. The van der Waals surface area contributed by atoms with Crippen LogP contribution in [0.3, 0.4) is 0 Å². The van der Waals surface area contributed by atoms with Crippen LogP contribution in [0.4, 0.5) is 5.82 Å². The number of aryl methyl sites for hydroxylation is 1. The van der Waals surface area contributed by atoms with Crippen molar-refractivity contribution in [3.05, 3.63) is 35.9 Å². The lowest BCUT2D eigenvalue weighted by molar-refractivity contribution is -0.137. The average Bonchev–Trinajstić information content (AvgIpc) is 2.29. The molecule has 18 heavy (non-hydrogen) atoms. The van der Waals surface area contributed by atoms with Gasteiger partial charge in [0.1, 0.15) is 5.82 Å². The summed E-state index contributed by atoms with van der Waals surface area (Å²) >= 11 is 0. The number of hydrogen-bond acceptors (Lipinski definition) is 3. The topological polar surface area (TPSA) is 62.2 Å². The van der Waals surface area contributed by atoms with Gasteiger partial charge in [0.2, 0.25) is 0 Å². The zero-order valence-corrected chi connectivity index (χ0v) is 10.5. The summed E-state index contributed by atoms with van der Waals surface area (Å²) in [6, 6.07) is 9.79. The molecule has 1 aromatic carbocycles. The summed E-state index contributed by atoms with van der Waals surface area (Å²) in [5.41, 5.74) is 1.93. The van der Waals surface area contributed by atoms with E-state index in [1.165, 1.54) is 0 Å². The lowest BCUT2D eigenvalue weighted by Crippen LogP contribution is -2.20. The number of nitrogens with one attached hydrogen (secondary N) is 1. The average molecular weight is 244 g/mol. The number of para-hydroxylation sites is 1. The number of carboxylic acid groups (broad SMARTS) is 1. The number of carbonyl (C=O) groups is 1. The second-order valence-electron chi connectivity index (χ2n) is 4.49. The molecule has 0 aliphatic carbocycles. The minimum atomic E-state index is -0.812. The molecule has 4 heteroatoms. The van der Waals surface area contributed by atoms with Crippen LogP contribution in [0.2, 0.25) is 0 Å². The molecule has 0 amide bonds. The number of aromatic nitrogens is 1. The van der Waals surface area contributed by atoms with Crippen molar-refractivity contribution in [1.82, 2.24) is 4.98 Å². The minimum absolute atomic E-state index is 0.0773. The van der Waals surface area contributed by atoms with Crippen LogP contribution in [0.5, 0.6) is 0 Å². The van der Waals surface area contributed by atoms with E-state index in [1.807, 2.05) is 38.1 Å². The van der Waals surface area contributed by atoms with Gasteiger partial charge >= 0.3 is 5.97 Å². The molecule has 0 radical (unpaired) electrons. The maximum atomic E-state index is 10.6. The van der Waals surface area contributed by atoms with Crippen molar-refractivity contribution in [2.75, 3.05) is 5.32 Å². The molecule has 1 unspecified atom stereocenters. The van der Waals surface area contributed by atoms with Crippen molar-refractivity contribution in [3.63, 3.8) is 0 Å². The van der Waals surface area contributed by atoms with E-state index in [1.54, 1.807) is 0 Å². The smallest absolute Gasteiger partial charge is 0.305 e. The van der Waals surface area contributed by atoms with E-state index in [-0.39, 0.29) is 12.5 Å². The normalized spacial score (nSPS) is 12.3. The van der Waals surface area contributed by atoms with Gasteiger partial charge in [-0.3, -0.25) is 4.79 Å². The lowest BCUT2D eigenvalue weighted by Gasteiger charge is -2.15. The molecular weight excluding hydrogens is 228 g/mol. The molecule has 0 saturated carbocycles. The zero-order valence-electron chi connectivity index (χ0n) is 10.5. The number of aliphatic carboxylic acids is 1. The molecule has 1 aromatic heterocycles. The fourth-order valence-corrected chi connectivity index (χ4v) is 1.91. The second kappa shape index (κ2) is 5.04. The van der Waals surface area contributed by atoms with E-state index in [0.29, 0.717) is 0 Å². The van der Waals surface area contributed by atoms with E-state index >= 15 is 0 Å². The van der Waals surface area contributed by atoms with Gasteiger partial charge in [0.15, 0.2) is 0 Å². The summed E-state index contributed by atoms with van der Waals surface area (Å²) in [6.45, 7) is 3.81. The molecular formula is C14H16N2O2. The zero-order chi connectivity index (χ0) is 13.1. The van der Waals surface area contributed by atoms with Crippen molar-refractivity contribution < 1.29 is 9.90 Å². The van der Waals surface area contributed by atoms with E-state index < -0.39 is 5.97 Å². The van der Waals surface area contributed by atoms with Crippen molar-refractivity contribution in [2.24, 2.45) is 0 Å². The Morgan fingerprint density at radius 2 is 2.17 bits per heavy atom. The summed E-state index contributed by atoms with van der Waals surface area (Å²) in [7, 11) is 0. The highest BCUT2D eigenvalue weighted by Gasteiger charge is 2.10. The maximum Gasteiger partial charge on any atom is 0.305 e. The Balaban J connectivity index is 2.27. The third-order valence-corrected chi connectivity index (χ3v) is 2.78. The summed E-state index contributed by atoms with van der Waals surface area (Å²) < 4.78 is 0. The lowest BCUT2D eigenvalue weighted by atomic mass is 10.1. The van der Waals surface area contributed by atoms with Gasteiger partial charge in [0.05, 0.1) is 11.9 Å². The van der Waals surface area contributed by atoms with Crippen LogP contribution in [0.1, 0.15) is 18.9 Å². The fourth-order valence-electron chi connectivity index (χ4n) is 1.91. The standard InChI is InChI=1S/C14H16N2O2/c1-9-7-11-5-3-4-6-12(11)16-14(9)15-10(2)8-13(17)18/h3-7,10H,8H2,1-2H3,(H,15,16)(H,17,18). The van der Waals surface area contributed by atoms with Crippen LogP contribution < -0.4 is 5.32 Å². The third kappa shape index (κ3) is 2.77. The highest BCUT2D eigenvalue weighted by molar-refractivity contribution is 5.81. The second-order valence-corrected chi connectivity index (χ2v) is 4.49. The number of fused-ring (bicyclic) bond motifs is 1. The van der Waals surface area contributed by atoms with Crippen molar-refractivity contribution in [3.8, 4) is 0 Å². The van der Waals surface area contributed by atoms with Gasteiger partial charge in [-0.1, -0.05) is 18.2 Å². The quantitative estimate of drug-likeness (QED) is 0.868. The minimum Gasteiger partial charge on any atom is -0.481 e. The molecule has 0 aliphatic heterocycles. The summed E-state index contributed by atoms with van der Waals surface area (Å²) in [5, 5.41) is 13.0. The van der Waals surface area contributed by atoms with Crippen LogP contribution >= 0.6 is 0 Å². The Bertz CT molecular complexity index is 581. The number of hydrogen-bond donors (Lipinski definition) is 2. The largest absolute Gasteiger partial charge is 0.481 e. The summed E-state index contributed by atoms with van der Waals surface area (Å²) in [6.07, 6.45) is 0.0773. The van der Waals surface area contributed by atoms with Crippen molar-refractivity contribution in [1.29, 1.82) is 0 Å². The molecule has 2 rings (SSSR count). The van der Waals surface area contributed by atoms with Crippen LogP contribution in [0.15, 0.2) is 30.3 Å². The number of benzene rings is 1. The molecule has 94 valence electrons. The fraction of sp³-hybridized carbons (Fsp3) is 0.286. The maximum absolute atomic E-state index is 10.6. The van der Waals surface area contributed by atoms with Crippen molar-refractivity contribution in [2.45, 2.75) is 26.3 Å². The monoisotopic (exact) mass is 244 g/mol. The molecule has 2 N–H and O–H groups in total. The molecule has 0 spiro atoms. The first kappa shape index (κ1) is 12.4. The first-order chi connectivity index (χ1) is 8.56. The van der Waals surface area contributed by atoms with E-state index in [2.05, 4.69) is 16.4 Å². The number of carboxylic acids is 1. The van der Waals surface area contributed by atoms with Crippen LogP contribution in [-0.4, -0.2) is 22.1 Å². The summed E-state index contributed by atoms with van der Waals surface area (Å²) in [5.74, 6) is -0.0594. The SMILES string of the molecule is Cc1cc2ccccc2nc1NC(C)CC(=O)O. The van der Waals surface area contributed by atoms with E-state index in [4.69, 9.17) is 5.11 Å². The molecule has 2 aromatic rings. The van der Waals surface area contributed by atoms with E-state index in [9.17, 15) is 4.79 Å². The van der Waals surface area contributed by atoms with Gasteiger partial charge in [0, 0.05) is 11.4 Å². The predicted octanol–water partition coefficient (Wildman–Crippen LogP) is 2.82. The number of anilines is 1. The Labute approximate surface area is 106 Å². The molecule has 0 aliphatic rings. The highest BCUT2D eigenvalue weighted by atomic mass is 16.4. The molecule has 0 saturated heterocycles. The van der Waals surface area contributed by atoms with E-state index in [0.717, 1.165) is 22.3 Å². The van der Waals surface area contributed by atoms with Crippen LogP contribution in [0.25, 0.3) is 10.9 Å². The third-order valence-electron chi connectivity index (χ3n) is 2.78. The van der Waals surface area contributed by atoms with Gasteiger partial charge in [-0.25, -0.2) is 4.98 Å².